The number of hydrogen-bond donors (Lipinski definition) is 2. The van der Waals surface area contributed by atoms with E-state index in [2.05, 4.69) is 10.1 Å². The van der Waals surface area contributed by atoms with Gasteiger partial charge in [0.25, 0.3) is 17.0 Å². The molecule has 4 aromatic rings. The average molecular weight is 541 g/mol. The second kappa shape index (κ2) is 11.3. The van der Waals surface area contributed by atoms with Crippen molar-refractivity contribution >= 4 is 39.3 Å². The number of halogens is 1. The summed E-state index contributed by atoms with van der Waals surface area (Å²) in [6, 6.07) is 11.3. The van der Waals surface area contributed by atoms with Gasteiger partial charge >= 0.3 is 0 Å². The molecule has 0 saturated heterocycles. The van der Waals surface area contributed by atoms with E-state index < -0.39 is 29.0 Å². The number of H-pyrrole nitrogens is 2. The molecule has 2 aromatic heterocycles. The minimum atomic E-state index is -0.661. The lowest BCUT2D eigenvalue weighted by Crippen LogP contribution is -2.47. The van der Waals surface area contributed by atoms with Crippen LogP contribution in [-0.4, -0.2) is 51.2 Å². The van der Waals surface area contributed by atoms with Gasteiger partial charge in [-0.3, -0.25) is 29.2 Å². The molecule has 0 saturated carbocycles. The number of nitrogens with zero attached hydrogens (tertiary/aromatic N) is 2. The summed E-state index contributed by atoms with van der Waals surface area (Å²) in [7, 11) is 0. The Morgan fingerprint density at radius 3 is 2.37 bits per heavy atom. The zero-order chi connectivity index (χ0) is 27.6. The number of ether oxygens (including phenoxy) is 2. The van der Waals surface area contributed by atoms with Gasteiger partial charge in [-0.25, -0.2) is 4.68 Å². The summed E-state index contributed by atoms with van der Waals surface area (Å²) in [5, 5.41) is 2.91. The van der Waals surface area contributed by atoms with E-state index >= 15 is 0 Å². The first-order valence-corrected chi connectivity index (χ1v) is 12.7. The van der Waals surface area contributed by atoms with Crippen molar-refractivity contribution in [2.24, 2.45) is 0 Å². The SMILES string of the molecule is CCOC(C)N(C(=O)c1cccc(Cn2[nH]c(=O)c3[nH]c4cc(Cl)ccc4c(=O)c3c2=O)c1)C(C)OCC. The Labute approximate surface area is 222 Å². The topological polar surface area (TPSA) is 126 Å². The smallest absolute Gasteiger partial charge is 0.287 e. The van der Waals surface area contributed by atoms with Gasteiger partial charge in [0.2, 0.25) is 5.43 Å². The Balaban J connectivity index is 1.74. The van der Waals surface area contributed by atoms with Gasteiger partial charge in [0, 0.05) is 29.2 Å². The number of amides is 1. The van der Waals surface area contributed by atoms with Crippen molar-refractivity contribution in [2.75, 3.05) is 13.2 Å². The van der Waals surface area contributed by atoms with E-state index in [0.717, 1.165) is 4.68 Å². The number of rotatable bonds is 9. The average Bonchev–Trinajstić information content (AvgIpc) is 2.87. The van der Waals surface area contributed by atoms with Crippen molar-refractivity contribution in [3.05, 3.63) is 89.5 Å². The Morgan fingerprint density at radius 2 is 1.71 bits per heavy atom. The fourth-order valence-electron chi connectivity index (χ4n) is 4.52. The standard InChI is InChI=1S/C27H29ClN4O6/c1-5-37-15(3)32(16(4)38-6-2)26(35)18-9-7-8-17(12-18)14-31-27(36)22-23(25(34)30-31)29-21-13-19(28)10-11-20(21)24(22)33/h7-13,15-16H,5-6,14H2,1-4H3,(H,29,33)(H,30,34). The van der Waals surface area contributed by atoms with Gasteiger partial charge in [-0.15, -0.1) is 0 Å². The number of nitrogens with one attached hydrogen (secondary N) is 2. The van der Waals surface area contributed by atoms with Gasteiger partial charge < -0.3 is 14.5 Å². The van der Waals surface area contributed by atoms with Crippen molar-refractivity contribution in [3.63, 3.8) is 0 Å². The second-order valence-electron chi connectivity index (χ2n) is 8.75. The van der Waals surface area contributed by atoms with Crippen LogP contribution in [-0.2, 0) is 16.0 Å². The molecule has 2 atom stereocenters. The van der Waals surface area contributed by atoms with Crippen molar-refractivity contribution < 1.29 is 14.3 Å². The first-order chi connectivity index (χ1) is 18.2. The van der Waals surface area contributed by atoms with Crippen molar-refractivity contribution in [1.82, 2.24) is 19.7 Å². The van der Waals surface area contributed by atoms with Crippen molar-refractivity contribution in [1.29, 1.82) is 0 Å². The third kappa shape index (κ3) is 5.28. The summed E-state index contributed by atoms with van der Waals surface area (Å²) in [5.74, 6) is -0.310. The Bertz CT molecular complexity index is 1660. The van der Waals surface area contributed by atoms with E-state index in [1.165, 1.54) is 17.0 Å². The normalized spacial score (nSPS) is 13.1. The Kier molecular flexibility index (Phi) is 8.15. The molecule has 0 aliphatic heterocycles. The maximum absolute atomic E-state index is 13.5. The molecule has 0 spiro atoms. The molecule has 0 aliphatic carbocycles. The highest BCUT2D eigenvalue weighted by atomic mass is 35.5. The van der Waals surface area contributed by atoms with Crippen LogP contribution in [0.25, 0.3) is 21.8 Å². The summed E-state index contributed by atoms with van der Waals surface area (Å²) in [6.07, 6.45) is -1.07. The van der Waals surface area contributed by atoms with Crippen LogP contribution in [0.1, 0.15) is 43.6 Å². The number of hydrogen-bond acceptors (Lipinski definition) is 6. The third-order valence-electron chi connectivity index (χ3n) is 6.23. The second-order valence-corrected chi connectivity index (χ2v) is 9.18. The third-order valence-corrected chi connectivity index (χ3v) is 6.47. The monoisotopic (exact) mass is 540 g/mol. The van der Waals surface area contributed by atoms with Crippen LogP contribution >= 0.6 is 11.6 Å². The van der Waals surface area contributed by atoms with Crippen molar-refractivity contribution in [3.8, 4) is 0 Å². The molecule has 1 amide bonds. The van der Waals surface area contributed by atoms with E-state index in [1.807, 2.05) is 13.8 Å². The Hall–Kier alpha value is -3.73. The zero-order valence-electron chi connectivity index (χ0n) is 21.5. The fourth-order valence-corrected chi connectivity index (χ4v) is 4.69. The molecule has 38 heavy (non-hydrogen) atoms. The van der Waals surface area contributed by atoms with Crippen LogP contribution in [0.15, 0.2) is 56.8 Å². The maximum atomic E-state index is 13.5. The van der Waals surface area contributed by atoms with Gasteiger partial charge in [0.1, 0.15) is 23.4 Å². The minimum absolute atomic E-state index is 0.0642. The molecule has 0 bridgehead atoms. The number of pyridine rings is 1. The molecule has 200 valence electrons. The molecule has 0 radical (unpaired) electrons. The summed E-state index contributed by atoms with van der Waals surface area (Å²) in [4.78, 5) is 57.1. The molecular formula is C27H29ClN4O6. The van der Waals surface area contributed by atoms with Crippen LogP contribution in [0.3, 0.4) is 0 Å². The first kappa shape index (κ1) is 27.3. The van der Waals surface area contributed by atoms with Crippen molar-refractivity contribution in [2.45, 2.75) is 46.7 Å². The number of carbonyl (C=O) groups excluding carboxylic acids is 1. The predicted octanol–water partition coefficient (Wildman–Crippen LogP) is 3.44. The molecule has 2 unspecified atom stereocenters. The van der Waals surface area contributed by atoms with Crippen LogP contribution in [0, 0.1) is 0 Å². The molecule has 2 aromatic carbocycles. The summed E-state index contributed by atoms with van der Waals surface area (Å²) in [6.45, 7) is 8.01. The maximum Gasteiger partial charge on any atom is 0.287 e. The highest BCUT2D eigenvalue weighted by Gasteiger charge is 2.27. The Morgan fingerprint density at radius 1 is 1.03 bits per heavy atom. The van der Waals surface area contributed by atoms with E-state index in [1.54, 1.807) is 44.2 Å². The molecular weight excluding hydrogens is 512 g/mol. The van der Waals surface area contributed by atoms with Gasteiger partial charge in [-0.2, -0.15) is 0 Å². The van der Waals surface area contributed by atoms with Crippen LogP contribution in [0.5, 0.6) is 0 Å². The molecule has 0 fully saturated rings. The van der Waals surface area contributed by atoms with E-state index in [4.69, 9.17) is 21.1 Å². The van der Waals surface area contributed by atoms with E-state index in [0.29, 0.717) is 34.9 Å². The van der Waals surface area contributed by atoms with Crippen LogP contribution in [0.4, 0.5) is 0 Å². The molecule has 4 rings (SSSR count). The number of aromatic amines is 2. The number of carbonyl (C=O) groups is 1. The minimum Gasteiger partial charge on any atom is -0.359 e. The summed E-state index contributed by atoms with van der Waals surface area (Å²) in [5.41, 5.74) is -0.692. The number of aromatic nitrogens is 3. The van der Waals surface area contributed by atoms with Crippen LogP contribution in [0.2, 0.25) is 5.02 Å². The highest BCUT2D eigenvalue weighted by molar-refractivity contribution is 6.31. The highest BCUT2D eigenvalue weighted by Crippen LogP contribution is 2.18. The molecule has 11 heteroatoms. The quantitative estimate of drug-likeness (QED) is 0.247. The summed E-state index contributed by atoms with van der Waals surface area (Å²) >= 11 is 6.01. The zero-order valence-corrected chi connectivity index (χ0v) is 22.3. The molecule has 10 nitrogen and oxygen atoms in total. The predicted molar refractivity (Wildman–Crippen MR) is 146 cm³/mol. The van der Waals surface area contributed by atoms with E-state index in [9.17, 15) is 19.2 Å². The number of fused-ring (bicyclic) bond motifs is 2. The summed E-state index contributed by atoms with van der Waals surface area (Å²) < 4.78 is 12.4. The van der Waals surface area contributed by atoms with Gasteiger partial charge in [0.15, 0.2) is 0 Å². The van der Waals surface area contributed by atoms with Gasteiger partial charge in [-0.1, -0.05) is 23.7 Å². The lowest BCUT2D eigenvalue weighted by atomic mass is 10.1. The molecule has 2 heterocycles. The van der Waals surface area contributed by atoms with Gasteiger partial charge in [0.05, 0.1) is 12.1 Å². The first-order valence-electron chi connectivity index (χ1n) is 12.3. The lowest BCUT2D eigenvalue weighted by Gasteiger charge is -2.34. The van der Waals surface area contributed by atoms with Crippen LogP contribution < -0.4 is 16.5 Å². The molecule has 0 aliphatic rings. The molecule has 2 N–H and O–H groups in total. The lowest BCUT2D eigenvalue weighted by molar-refractivity contribution is -0.113. The fraction of sp³-hybridized carbons (Fsp3) is 0.333. The van der Waals surface area contributed by atoms with E-state index in [-0.39, 0.29) is 28.7 Å². The van der Waals surface area contributed by atoms with Gasteiger partial charge in [-0.05, 0) is 63.6 Å². The largest absolute Gasteiger partial charge is 0.359 e. The number of benzene rings is 2.